The van der Waals surface area contributed by atoms with Crippen LogP contribution in [0.2, 0.25) is 5.02 Å². The highest BCUT2D eigenvalue weighted by molar-refractivity contribution is 6.30. The molecule has 0 fully saturated rings. The van der Waals surface area contributed by atoms with Gasteiger partial charge in [-0.3, -0.25) is 0 Å². The number of hydrogen-bond acceptors (Lipinski definition) is 2. The van der Waals surface area contributed by atoms with E-state index in [1.165, 1.54) is 0 Å². The first-order chi connectivity index (χ1) is 14.9. The number of rotatable bonds is 7. The largest absolute Gasteiger partial charge is 0.477 e. The van der Waals surface area contributed by atoms with Crippen LogP contribution in [0.4, 0.5) is 0 Å². The van der Waals surface area contributed by atoms with Gasteiger partial charge in [0.05, 0.1) is 0 Å². The minimum atomic E-state index is -0.916. The SMILES string of the molecule is Cc1ccc(C)c(Cn2c(C(=O)O)c(CNCc3cccc(Cl)c3)c3ccccc32)c1. The fraction of sp³-hybridized carbons (Fsp3) is 0.192. The number of carboxylic acid groups (broad SMARTS) is 1. The highest BCUT2D eigenvalue weighted by Gasteiger charge is 2.22. The summed E-state index contributed by atoms with van der Waals surface area (Å²) < 4.78 is 1.93. The molecule has 4 nitrogen and oxygen atoms in total. The molecule has 0 atom stereocenters. The molecule has 0 aliphatic rings. The van der Waals surface area contributed by atoms with E-state index in [4.69, 9.17) is 11.6 Å². The quantitative estimate of drug-likeness (QED) is 0.379. The van der Waals surface area contributed by atoms with Gasteiger partial charge in [0.15, 0.2) is 0 Å². The Bertz CT molecular complexity index is 1260. The maximum absolute atomic E-state index is 12.4. The highest BCUT2D eigenvalue weighted by Crippen LogP contribution is 2.28. The molecule has 0 unspecified atom stereocenters. The number of nitrogens with zero attached hydrogens (tertiary/aromatic N) is 1. The predicted molar refractivity (Wildman–Crippen MR) is 126 cm³/mol. The van der Waals surface area contributed by atoms with E-state index in [1.54, 1.807) is 0 Å². The zero-order valence-corrected chi connectivity index (χ0v) is 18.4. The van der Waals surface area contributed by atoms with Gasteiger partial charge in [-0.1, -0.05) is 65.7 Å². The summed E-state index contributed by atoms with van der Waals surface area (Å²) in [6, 6.07) is 21.9. The lowest BCUT2D eigenvalue weighted by Crippen LogP contribution is -2.17. The first-order valence-corrected chi connectivity index (χ1v) is 10.7. The summed E-state index contributed by atoms with van der Waals surface area (Å²) in [4.78, 5) is 12.4. The van der Waals surface area contributed by atoms with E-state index >= 15 is 0 Å². The maximum Gasteiger partial charge on any atom is 0.352 e. The summed E-state index contributed by atoms with van der Waals surface area (Å²) in [7, 11) is 0. The Hall–Kier alpha value is -3.08. The van der Waals surface area contributed by atoms with Gasteiger partial charge in [-0.2, -0.15) is 0 Å². The van der Waals surface area contributed by atoms with Crippen molar-refractivity contribution in [3.63, 3.8) is 0 Å². The summed E-state index contributed by atoms with van der Waals surface area (Å²) in [5.74, 6) is -0.916. The fourth-order valence-corrected chi connectivity index (χ4v) is 4.30. The molecule has 1 aromatic heterocycles. The van der Waals surface area contributed by atoms with Crippen molar-refractivity contribution in [3.05, 3.63) is 105 Å². The fourth-order valence-electron chi connectivity index (χ4n) is 4.08. The Morgan fingerprint density at radius 2 is 1.81 bits per heavy atom. The smallest absolute Gasteiger partial charge is 0.352 e. The summed E-state index contributed by atoms with van der Waals surface area (Å²) in [6.45, 7) is 5.70. The molecule has 31 heavy (non-hydrogen) atoms. The number of carbonyl (C=O) groups is 1. The molecule has 0 saturated heterocycles. The topological polar surface area (TPSA) is 54.3 Å². The van der Waals surface area contributed by atoms with E-state index in [2.05, 4.69) is 37.4 Å². The minimum Gasteiger partial charge on any atom is -0.477 e. The number of aromatic carboxylic acids is 1. The first kappa shape index (κ1) is 21.2. The highest BCUT2D eigenvalue weighted by atomic mass is 35.5. The van der Waals surface area contributed by atoms with E-state index in [0.29, 0.717) is 30.4 Å². The molecular weight excluding hydrogens is 408 g/mol. The number of para-hydroxylation sites is 1. The van der Waals surface area contributed by atoms with Gasteiger partial charge in [0, 0.05) is 41.1 Å². The monoisotopic (exact) mass is 432 g/mol. The van der Waals surface area contributed by atoms with Crippen molar-refractivity contribution in [3.8, 4) is 0 Å². The van der Waals surface area contributed by atoms with E-state index < -0.39 is 5.97 Å². The molecule has 2 N–H and O–H groups in total. The molecule has 0 aliphatic carbocycles. The van der Waals surface area contributed by atoms with Gasteiger partial charge in [0.25, 0.3) is 0 Å². The first-order valence-electron chi connectivity index (χ1n) is 10.3. The number of halogens is 1. The summed E-state index contributed by atoms with van der Waals surface area (Å²) in [5, 5.41) is 15.2. The molecule has 3 aromatic carbocycles. The van der Waals surface area contributed by atoms with Crippen molar-refractivity contribution in [2.45, 2.75) is 33.5 Å². The van der Waals surface area contributed by atoms with Crippen LogP contribution in [-0.2, 0) is 19.6 Å². The standard InChI is InChI=1S/C26H25ClN2O2/c1-17-10-11-18(2)20(12-17)16-29-24-9-4-3-8-22(24)23(25(29)26(30)31)15-28-14-19-6-5-7-21(27)13-19/h3-13,28H,14-16H2,1-2H3,(H,30,31). The third kappa shape index (κ3) is 4.50. The Kier molecular flexibility index (Phi) is 6.12. The third-order valence-electron chi connectivity index (χ3n) is 5.63. The second-order valence-electron chi connectivity index (χ2n) is 7.90. The van der Waals surface area contributed by atoms with Gasteiger partial charge in [-0.05, 0) is 48.7 Å². The van der Waals surface area contributed by atoms with Crippen LogP contribution in [0.15, 0.2) is 66.7 Å². The Morgan fingerprint density at radius 1 is 1.00 bits per heavy atom. The molecule has 0 spiro atoms. The van der Waals surface area contributed by atoms with Crippen LogP contribution in [0.25, 0.3) is 10.9 Å². The van der Waals surface area contributed by atoms with Crippen LogP contribution < -0.4 is 5.32 Å². The molecular formula is C26H25ClN2O2. The molecule has 0 amide bonds. The number of fused-ring (bicyclic) bond motifs is 1. The van der Waals surface area contributed by atoms with Crippen molar-refractivity contribution < 1.29 is 9.90 Å². The number of carboxylic acids is 1. The number of benzene rings is 3. The molecule has 4 aromatic rings. The summed E-state index contributed by atoms with van der Waals surface area (Å²) >= 11 is 6.08. The average Bonchev–Trinajstić information content (AvgIpc) is 3.05. The lowest BCUT2D eigenvalue weighted by Gasteiger charge is -2.13. The second-order valence-corrected chi connectivity index (χ2v) is 8.34. The number of hydrogen-bond donors (Lipinski definition) is 2. The van der Waals surface area contributed by atoms with Crippen LogP contribution in [0.5, 0.6) is 0 Å². The van der Waals surface area contributed by atoms with Crippen LogP contribution in [0.3, 0.4) is 0 Å². The maximum atomic E-state index is 12.4. The summed E-state index contributed by atoms with van der Waals surface area (Å²) in [5.41, 5.74) is 6.57. The Morgan fingerprint density at radius 3 is 2.58 bits per heavy atom. The Balaban J connectivity index is 1.72. The molecule has 0 bridgehead atoms. The molecule has 0 radical (unpaired) electrons. The van der Waals surface area contributed by atoms with E-state index in [1.807, 2.05) is 53.1 Å². The van der Waals surface area contributed by atoms with Crippen molar-refractivity contribution in [1.29, 1.82) is 0 Å². The van der Waals surface area contributed by atoms with Crippen LogP contribution in [0, 0.1) is 13.8 Å². The lowest BCUT2D eigenvalue weighted by atomic mass is 10.1. The molecule has 4 rings (SSSR count). The van der Waals surface area contributed by atoms with Gasteiger partial charge in [0.1, 0.15) is 5.69 Å². The van der Waals surface area contributed by atoms with Gasteiger partial charge >= 0.3 is 5.97 Å². The van der Waals surface area contributed by atoms with E-state index in [9.17, 15) is 9.90 Å². The number of aromatic nitrogens is 1. The lowest BCUT2D eigenvalue weighted by molar-refractivity contribution is 0.0684. The van der Waals surface area contributed by atoms with Gasteiger partial charge < -0.3 is 15.0 Å². The minimum absolute atomic E-state index is 0.334. The van der Waals surface area contributed by atoms with Gasteiger partial charge in [0.2, 0.25) is 0 Å². The second kappa shape index (κ2) is 8.96. The van der Waals surface area contributed by atoms with Gasteiger partial charge in [-0.25, -0.2) is 4.79 Å². The van der Waals surface area contributed by atoms with Crippen molar-refractivity contribution in [1.82, 2.24) is 9.88 Å². The van der Waals surface area contributed by atoms with Crippen molar-refractivity contribution in [2.75, 3.05) is 0 Å². The molecule has 0 saturated carbocycles. The average molecular weight is 433 g/mol. The zero-order valence-electron chi connectivity index (χ0n) is 17.7. The zero-order chi connectivity index (χ0) is 22.0. The number of nitrogens with one attached hydrogen (secondary N) is 1. The molecule has 158 valence electrons. The molecule has 0 aliphatic heterocycles. The van der Waals surface area contributed by atoms with E-state index in [0.717, 1.165) is 38.7 Å². The van der Waals surface area contributed by atoms with Crippen LogP contribution in [0.1, 0.15) is 38.3 Å². The van der Waals surface area contributed by atoms with E-state index in [-0.39, 0.29) is 0 Å². The summed E-state index contributed by atoms with van der Waals surface area (Å²) in [6.07, 6.45) is 0. The number of aryl methyl sites for hydroxylation is 2. The van der Waals surface area contributed by atoms with Crippen LogP contribution >= 0.6 is 11.6 Å². The molecule has 5 heteroatoms. The predicted octanol–water partition coefficient (Wildman–Crippen LogP) is 5.95. The Labute approximate surface area is 187 Å². The third-order valence-corrected chi connectivity index (χ3v) is 5.87. The molecule has 1 heterocycles. The normalized spacial score (nSPS) is 11.2. The van der Waals surface area contributed by atoms with Gasteiger partial charge in [-0.15, -0.1) is 0 Å². The van der Waals surface area contributed by atoms with Crippen LogP contribution in [-0.4, -0.2) is 15.6 Å². The van der Waals surface area contributed by atoms with Crippen molar-refractivity contribution in [2.24, 2.45) is 0 Å². The van der Waals surface area contributed by atoms with Crippen molar-refractivity contribution >= 4 is 28.5 Å².